The van der Waals surface area contributed by atoms with Gasteiger partial charge < -0.3 is 23.7 Å². The summed E-state index contributed by atoms with van der Waals surface area (Å²) in [7, 11) is 1.38. The van der Waals surface area contributed by atoms with Gasteiger partial charge in [-0.25, -0.2) is 9.59 Å². The average Bonchev–Trinajstić information content (AvgIpc) is 2.78. The van der Waals surface area contributed by atoms with Crippen LogP contribution in [0, 0.1) is 0 Å². The predicted molar refractivity (Wildman–Crippen MR) is 108 cm³/mol. The van der Waals surface area contributed by atoms with Gasteiger partial charge in [0.1, 0.15) is 0 Å². The highest BCUT2D eigenvalue weighted by atomic mass is 16.7. The molecule has 0 bridgehead atoms. The summed E-state index contributed by atoms with van der Waals surface area (Å²) in [5, 5.41) is 0. The number of methoxy groups -OCH3 is 1. The first-order valence-electron chi connectivity index (χ1n) is 9.78. The van der Waals surface area contributed by atoms with Crippen LogP contribution in [0.4, 0.5) is 0 Å². The Morgan fingerprint density at radius 3 is 1.68 bits per heavy atom. The van der Waals surface area contributed by atoms with Gasteiger partial charge in [-0.05, 0) is 31.2 Å². The molecular formula is C23H24O8. The molecule has 1 heterocycles. The highest BCUT2D eigenvalue weighted by molar-refractivity contribution is 5.90. The predicted octanol–water partition coefficient (Wildman–Crippen LogP) is 2.76. The second kappa shape index (κ2) is 10.2. The van der Waals surface area contributed by atoms with Gasteiger partial charge in [0.05, 0.1) is 17.2 Å². The zero-order valence-corrected chi connectivity index (χ0v) is 17.4. The fourth-order valence-corrected chi connectivity index (χ4v) is 3.31. The van der Waals surface area contributed by atoms with Crippen LogP contribution in [0.2, 0.25) is 0 Å². The van der Waals surface area contributed by atoms with Gasteiger partial charge in [0.25, 0.3) is 0 Å². The SMILES string of the molecule is CO[C@H]1O[C@@H](C)[C@@H](OC(C)=O)[C@@H](OC(=O)c2ccccc2)[C@H]1OC(=O)c1ccccc1. The van der Waals surface area contributed by atoms with Crippen molar-refractivity contribution >= 4 is 17.9 Å². The largest absolute Gasteiger partial charge is 0.456 e. The Hall–Kier alpha value is -3.23. The molecule has 0 amide bonds. The molecule has 2 aromatic rings. The number of esters is 3. The number of hydrogen-bond acceptors (Lipinski definition) is 8. The molecular weight excluding hydrogens is 404 g/mol. The Labute approximate surface area is 180 Å². The third kappa shape index (κ3) is 5.48. The van der Waals surface area contributed by atoms with Crippen LogP contribution in [0.25, 0.3) is 0 Å². The van der Waals surface area contributed by atoms with Gasteiger partial charge in [-0.15, -0.1) is 0 Å². The summed E-state index contributed by atoms with van der Waals surface area (Å²) in [6.07, 6.45) is -5.06. The van der Waals surface area contributed by atoms with E-state index in [9.17, 15) is 14.4 Å². The highest BCUT2D eigenvalue weighted by Gasteiger charge is 2.51. The van der Waals surface area contributed by atoms with Gasteiger partial charge >= 0.3 is 17.9 Å². The van der Waals surface area contributed by atoms with E-state index >= 15 is 0 Å². The van der Waals surface area contributed by atoms with Crippen LogP contribution < -0.4 is 0 Å². The van der Waals surface area contributed by atoms with Gasteiger partial charge in [-0.2, -0.15) is 0 Å². The van der Waals surface area contributed by atoms with E-state index in [0.29, 0.717) is 11.1 Å². The molecule has 1 aliphatic rings. The summed E-state index contributed by atoms with van der Waals surface area (Å²) in [5.74, 6) is -1.91. The minimum atomic E-state index is -1.18. The molecule has 0 unspecified atom stereocenters. The van der Waals surface area contributed by atoms with E-state index in [-0.39, 0.29) is 0 Å². The summed E-state index contributed by atoms with van der Waals surface area (Å²) in [6.45, 7) is 2.88. The van der Waals surface area contributed by atoms with Crippen molar-refractivity contribution in [1.82, 2.24) is 0 Å². The molecule has 1 fully saturated rings. The van der Waals surface area contributed by atoms with Crippen molar-refractivity contribution in [2.24, 2.45) is 0 Å². The van der Waals surface area contributed by atoms with Gasteiger partial charge in [0.15, 0.2) is 24.6 Å². The quantitative estimate of drug-likeness (QED) is 0.512. The lowest BCUT2D eigenvalue weighted by molar-refractivity contribution is -0.287. The maximum atomic E-state index is 12.8. The first-order valence-corrected chi connectivity index (χ1v) is 9.78. The molecule has 0 spiro atoms. The summed E-state index contributed by atoms with van der Waals surface area (Å²) in [6, 6.07) is 16.7. The molecule has 0 saturated carbocycles. The number of benzene rings is 2. The van der Waals surface area contributed by atoms with Crippen LogP contribution in [-0.4, -0.2) is 55.7 Å². The minimum absolute atomic E-state index is 0.297. The minimum Gasteiger partial charge on any atom is -0.456 e. The lowest BCUT2D eigenvalue weighted by Gasteiger charge is -2.43. The Morgan fingerprint density at radius 2 is 1.23 bits per heavy atom. The Morgan fingerprint density at radius 1 is 0.742 bits per heavy atom. The molecule has 1 saturated heterocycles. The van der Waals surface area contributed by atoms with Crippen molar-refractivity contribution in [2.45, 2.75) is 44.6 Å². The molecule has 5 atom stereocenters. The first-order chi connectivity index (χ1) is 14.9. The summed E-state index contributed by atoms with van der Waals surface area (Å²) < 4.78 is 27.8. The van der Waals surface area contributed by atoms with E-state index in [4.69, 9.17) is 23.7 Å². The van der Waals surface area contributed by atoms with E-state index in [1.54, 1.807) is 67.6 Å². The zero-order chi connectivity index (χ0) is 22.4. The topological polar surface area (TPSA) is 97.4 Å². The number of rotatable bonds is 6. The molecule has 3 rings (SSSR count). The standard InChI is InChI=1S/C23H24O8/c1-14-18(29-15(2)24)19(30-21(25)16-10-6-4-7-11-16)20(23(27-3)28-14)31-22(26)17-12-8-5-9-13-17/h4-14,18-20,23H,1-3H3/t14-,18+,19+,20+,23-/m0/s1. The van der Waals surface area contributed by atoms with Crippen LogP contribution in [0.1, 0.15) is 34.6 Å². The van der Waals surface area contributed by atoms with E-state index in [1.165, 1.54) is 14.0 Å². The lowest BCUT2D eigenvalue weighted by atomic mass is 9.98. The molecule has 0 aliphatic carbocycles. The molecule has 8 heteroatoms. The molecule has 1 aliphatic heterocycles. The smallest absolute Gasteiger partial charge is 0.338 e. The molecule has 0 N–H and O–H groups in total. The third-order valence-electron chi connectivity index (χ3n) is 4.77. The second-order valence-electron chi connectivity index (χ2n) is 6.99. The van der Waals surface area contributed by atoms with Crippen LogP contribution in [0.15, 0.2) is 60.7 Å². The normalized spacial score (nSPS) is 25.3. The lowest BCUT2D eigenvalue weighted by Crippen LogP contribution is -2.61. The number of hydrogen-bond donors (Lipinski definition) is 0. The Balaban J connectivity index is 1.92. The second-order valence-corrected chi connectivity index (χ2v) is 6.99. The molecule has 8 nitrogen and oxygen atoms in total. The number of carbonyl (C=O) groups is 3. The molecule has 31 heavy (non-hydrogen) atoms. The van der Waals surface area contributed by atoms with Crippen molar-refractivity contribution in [3.05, 3.63) is 71.8 Å². The van der Waals surface area contributed by atoms with Gasteiger partial charge in [-0.3, -0.25) is 4.79 Å². The highest BCUT2D eigenvalue weighted by Crippen LogP contribution is 2.30. The number of carbonyl (C=O) groups excluding carboxylic acids is 3. The fraction of sp³-hybridized carbons (Fsp3) is 0.348. The van der Waals surface area contributed by atoms with Crippen LogP contribution >= 0.6 is 0 Å². The van der Waals surface area contributed by atoms with E-state index in [2.05, 4.69) is 0 Å². The van der Waals surface area contributed by atoms with Crippen molar-refractivity contribution in [3.63, 3.8) is 0 Å². The van der Waals surface area contributed by atoms with Crippen molar-refractivity contribution in [1.29, 1.82) is 0 Å². The molecule has 2 aromatic carbocycles. The van der Waals surface area contributed by atoms with Crippen molar-refractivity contribution < 1.29 is 38.1 Å². The van der Waals surface area contributed by atoms with Crippen molar-refractivity contribution in [2.75, 3.05) is 7.11 Å². The maximum absolute atomic E-state index is 12.8. The Bertz CT molecular complexity index is 898. The molecule has 0 aromatic heterocycles. The van der Waals surface area contributed by atoms with Gasteiger partial charge in [-0.1, -0.05) is 36.4 Å². The van der Waals surface area contributed by atoms with E-state index < -0.39 is 48.6 Å². The first kappa shape index (κ1) is 22.5. The molecule has 0 radical (unpaired) electrons. The summed E-state index contributed by atoms with van der Waals surface area (Å²) >= 11 is 0. The third-order valence-corrected chi connectivity index (χ3v) is 4.77. The average molecular weight is 428 g/mol. The summed E-state index contributed by atoms with van der Waals surface area (Å²) in [5.41, 5.74) is 0.596. The van der Waals surface area contributed by atoms with E-state index in [0.717, 1.165) is 0 Å². The monoisotopic (exact) mass is 428 g/mol. The molecule has 164 valence electrons. The Kier molecular flexibility index (Phi) is 7.38. The number of ether oxygens (including phenoxy) is 5. The fourth-order valence-electron chi connectivity index (χ4n) is 3.31. The van der Waals surface area contributed by atoms with Gasteiger partial charge in [0, 0.05) is 14.0 Å². The summed E-state index contributed by atoms with van der Waals surface area (Å²) in [4.78, 5) is 37.2. The van der Waals surface area contributed by atoms with Crippen molar-refractivity contribution in [3.8, 4) is 0 Å². The van der Waals surface area contributed by atoms with E-state index in [1.807, 2.05) is 0 Å². The zero-order valence-electron chi connectivity index (χ0n) is 17.4. The van der Waals surface area contributed by atoms with Crippen LogP contribution in [0.5, 0.6) is 0 Å². The van der Waals surface area contributed by atoms with Crippen LogP contribution in [-0.2, 0) is 28.5 Å². The van der Waals surface area contributed by atoms with Crippen LogP contribution in [0.3, 0.4) is 0 Å². The maximum Gasteiger partial charge on any atom is 0.338 e. The van der Waals surface area contributed by atoms with Gasteiger partial charge in [0.2, 0.25) is 0 Å².